The summed E-state index contributed by atoms with van der Waals surface area (Å²) in [6.45, 7) is 4.61. The monoisotopic (exact) mass is 819 g/mol. The predicted octanol–water partition coefficient (Wildman–Crippen LogP) is 15.7. The number of fused-ring (bicyclic) bond motifs is 6. The van der Waals surface area contributed by atoms with Crippen LogP contribution in [-0.4, -0.2) is 15.0 Å². The molecule has 4 heteroatoms. The molecule has 2 heterocycles. The summed E-state index contributed by atoms with van der Waals surface area (Å²) in [5.41, 5.74) is 18.2. The Hall–Kier alpha value is -8.21. The Labute approximate surface area is 372 Å². The lowest BCUT2D eigenvalue weighted by atomic mass is 9.80. The fraction of sp³-hybridized carbons (Fsp3) is 0.0500. The van der Waals surface area contributed by atoms with Crippen molar-refractivity contribution < 1.29 is 4.42 Å². The first kappa shape index (κ1) is 37.5. The lowest BCUT2D eigenvalue weighted by Crippen LogP contribution is -2.17. The van der Waals surface area contributed by atoms with Crippen molar-refractivity contribution in [1.82, 2.24) is 15.0 Å². The Morgan fingerprint density at radius 1 is 0.328 bits per heavy atom. The summed E-state index contributed by atoms with van der Waals surface area (Å²) >= 11 is 0. The summed E-state index contributed by atoms with van der Waals surface area (Å²) in [6, 6.07) is 74.9. The molecule has 2 aromatic heterocycles. The van der Waals surface area contributed by atoms with Gasteiger partial charge < -0.3 is 4.42 Å². The number of benzene rings is 9. The van der Waals surface area contributed by atoms with Gasteiger partial charge in [-0.05, 0) is 103 Å². The minimum absolute atomic E-state index is 0.268. The van der Waals surface area contributed by atoms with Crippen LogP contribution >= 0.6 is 0 Å². The van der Waals surface area contributed by atoms with Gasteiger partial charge in [0.15, 0.2) is 17.5 Å². The highest BCUT2D eigenvalue weighted by Gasteiger charge is 2.38. The molecule has 0 fully saturated rings. The van der Waals surface area contributed by atoms with E-state index in [4.69, 9.17) is 19.4 Å². The first-order valence-electron chi connectivity index (χ1n) is 21.8. The first-order valence-corrected chi connectivity index (χ1v) is 21.8. The number of hydrogen-bond acceptors (Lipinski definition) is 4. The van der Waals surface area contributed by atoms with E-state index in [9.17, 15) is 0 Å². The SMILES string of the molecule is CC1(C)c2ccccc2-c2cccc(-c3nc(-c4cc(-c5ccccc5)cc(-c5ccccc5)c4)nc(-c4ccc5c(c4)oc4cccc(-c6ccc(-c7ccccc7)cc6)c45)n3)c21. The smallest absolute Gasteiger partial charge is 0.164 e. The largest absolute Gasteiger partial charge is 0.456 e. The minimum Gasteiger partial charge on any atom is -0.456 e. The van der Waals surface area contributed by atoms with E-state index in [2.05, 4.69) is 220 Å². The van der Waals surface area contributed by atoms with E-state index in [0.29, 0.717) is 17.5 Å². The molecule has 302 valence electrons. The maximum absolute atomic E-state index is 6.68. The number of rotatable bonds is 7. The van der Waals surface area contributed by atoms with Crippen molar-refractivity contribution in [3.63, 3.8) is 0 Å². The second-order valence-electron chi connectivity index (χ2n) is 17.2. The topological polar surface area (TPSA) is 51.8 Å². The van der Waals surface area contributed by atoms with E-state index < -0.39 is 0 Å². The molecule has 0 amide bonds. The molecular formula is C60H41N3O. The van der Waals surface area contributed by atoms with Gasteiger partial charge in [-0.25, -0.2) is 15.0 Å². The maximum Gasteiger partial charge on any atom is 0.164 e. The second kappa shape index (κ2) is 15.0. The number of hydrogen-bond donors (Lipinski definition) is 0. The van der Waals surface area contributed by atoms with Gasteiger partial charge in [0.05, 0.1) is 0 Å². The van der Waals surface area contributed by atoms with Gasteiger partial charge in [0.1, 0.15) is 11.2 Å². The van der Waals surface area contributed by atoms with Crippen LogP contribution in [0.5, 0.6) is 0 Å². The van der Waals surface area contributed by atoms with Crippen LogP contribution in [0.4, 0.5) is 0 Å². The molecule has 0 atom stereocenters. The van der Waals surface area contributed by atoms with Crippen molar-refractivity contribution in [3.05, 3.63) is 223 Å². The molecule has 0 saturated heterocycles. The molecule has 0 bridgehead atoms. The van der Waals surface area contributed by atoms with Gasteiger partial charge in [0.25, 0.3) is 0 Å². The van der Waals surface area contributed by atoms with Crippen LogP contribution in [-0.2, 0) is 5.41 Å². The van der Waals surface area contributed by atoms with Crippen LogP contribution in [0.1, 0.15) is 25.0 Å². The average molecular weight is 820 g/mol. The lowest BCUT2D eigenvalue weighted by molar-refractivity contribution is 0.661. The molecule has 12 rings (SSSR count). The highest BCUT2D eigenvalue weighted by Crippen LogP contribution is 2.52. The molecular weight excluding hydrogens is 779 g/mol. The lowest BCUT2D eigenvalue weighted by Gasteiger charge is -2.24. The van der Waals surface area contributed by atoms with Crippen molar-refractivity contribution in [2.45, 2.75) is 19.3 Å². The van der Waals surface area contributed by atoms with E-state index >= 15 is 0 Å². The zero-order chi connectivity index (χ0) is 42.8. The van der Waals surface area contributed by atoms with Crippen molar-refractivity contribution in [3.8, 4) is 89.8 Å². The van der Waals surface area contributed by atoms with Crippen LogP contribution in [0, 0.1) is 0 Å². The summed E-state index contributed by atoms with van der Waals surface area (Å²) in [4.78, 5) is 16.1. The molecule has 1 aliphatic rings. The first-order chi connectivity index (χ1) is 31.5. The molecule has 0 spiro atoms. The second-order valence-corrected chi connectivity index (χ2v) is 17.2. The van der Waals surface area contributed by atoms with Gasteiger partial charge in [-0.3, -0.25) is 0 Å². The van der Waals surface area contributed by atoms with E-state index in [0.717, 1.165) is 72.0 Å². The normalized spacial score (nSPS) is 12.7. The third kappa shape index (κ3) is 6.34. The third-order valence-electron chi connectivity index (χ3n) is 12.9. The average Bonchev–Trinajstić information content (AvgIpc) is 3.86. The number of aromatic nitrogens is 3. The molecule has 0 unspecified atom stereocenters. The van der Waals surface area contributed by atoms with Gasteiger partial charge in [-0.2, -0.15) is 0 Å². The summed E-state index contributed by atoms with van der Waals surface area (Å²) in [5, 5.41) is 2.13. The third-order valence-corrected chi connectivity index (χ3v) is 12.9. The molecule has 1 aliphatic carbocycles. The highest BCUT2D eigenvalue weighted by atomic mass is 16.3. The Kier molecular flexibility index (Phi) is 8.80. The van der Waals surface area contributed by atoms with Gasteiger partial charge in [-0.15, -0.1) is 0 Å². The molecule has 0 aliphatic heterocycles. The van der Waals surface area contributed by atoms with Crippen molar-refractivity contribution in [2.24, 2.45) is 0 Å². The molecule has 0 N–H and O–H groups in total. The maximum atomic E-state index is 6.68. The molecule has 0 saturated carbocycles. The standard InChI is InChI=1S/C60H41N3O/c1-60(2)52-26-13-12-22-48(52)49-24-14-25-51(56(49)60)59-62-57(61-58(63-59)46-35-44(39-18-8-4-9-19-39)34-45(36-46)40-20-10-5-11-21-40)43-32-33-50-54(37-43)64-53-27-15-23-47(55(50)53)42-30-28-41(29-31-42)38-16-6-3-7-17-38/h3-37H,1-2H3. The zero-order valence-electron chi connectivity index (χ0n) is 35.5. The van der Waals surface area contributed by atoms with Crippen LogP contribution in [0.15, 0.2) is 217 Å². The summed E-state index contributed by atoms with van der Waals surface area (Å²) in [6.07, 6.45) is 0. The molecule has 9 aromatic carbocycles. The summed E-state index contributed by atoms with van der Waals surface area (Å²) in [5.74, 6) is 1.82. The van der Waals surface area contributed by atoms with Crippen molar-refractivity contribution >= 4 is 21.9 Å². The fourth-order valence-corrected chi connectivity index (χ4v) is 9.82. The van der Waals surface area contributed by atoms with Crippen LogP contribution in [0.25, 0.3) is 112 Å². The van der Waals surface area contributed by atoms with Gasteiger partial charge in [0.2, 0.25) is 0 Å². The van der Waals surface area contributed by atoms with Crippen LogP contribution < -0.4 is 0 Å². The Balaban J connectivity index is 1.04. The van der Waals surface area contributed by atoms with Gasteiger partial charge >= 0.3 is 0 Å². The molecule has 11 aromatic rings. The molecule has 64 heavy (non-hydrogen) atoms. The van der Waals surface area contributed by atoms with Crippen LogP contribution in [0.3, 0.4) is 0 Å². The van der Waals surface area contributed by atoms with Gasteiger partial charge in [-0.1, -0.05) is 190 Å². The van der Waals surface area contributed by atoms with Crippen LogP contribution in [0.2, 0.25) is 0 Å². The predicted molar refractivity (Wildman–Crippen MR) is 263 cm³/mol. The minimum atomic E-state index is -0.268. The Morgan fingerprint density at radius 2 is 0.812 bits per heavy atom. The summed E-state index contributed by atoms with van der Waals surface area (Å²) in [7, 11) is 0. The van der Waals surface area contributed by atoms with E-state index in [-0.39, 0.29) is 5.41 Å². The zero-order valence-corrected chi connectivity index (χ0v) is 35.5. The van der Waals surface area contributed by atoms with E-state index in [1.807, 2.05) is 6.07 Å². The van der Waals surface area contributed by atoms with Crippen molar-refractivity contribution in [1.29, 1.82) is 0 Å². The highest BCUT2D eigenvalue weighted by molar-refractivity contribution is 6.13. The van der Waals surface area contributed by atoms with E-state index in [1.54, 1.807) is 0 Å². The quantitative estimate of drug-likeness (QED) is 0.161. The fourth-order valence-electron chi connectivity index (χ4n) is 9.82. The Bertz CT molecular complexity index is 3500. The Morgan fingerprint density at radius 3 is 1.50 bits per heavy atom. The number of nitrogens with zero attached hydrogens (tertiary/aromatic N) is 3. The van der Waals surface area contributed by atoms with Gasteiger partial charge in [0, 0.05) is 32.9 Å². The van der Waals surface area contributed by atoms with Crippen molar-refractivity contribution in [2.75, 3.05) is 0 Å². The number of furan rings is 1. The summed E-state index contributed by atoms with van der Waals surface area (Å²) < 4.78 is 6.68. The molecule has 0 radical (unpaired) electrons. The molecule has 4 nitrogen and oxygen atoms in total. The van der Waals surface area contributed by atoms with E-state index in [1.165, 1.54) is 33.4 Å².